The van der Waals surface area contributed by atoms with Crippen LogP contribution in [0.15, 0.2) is 29.3 Å². The van der Waals surface area contributed by atoms with Gasteiger partial charge in [-0.1, -0.05) is 11.6 Å². The first-order valence-corrected chi connectivity index (χ1v) is 7.33. The molecule has 0 fully saturated rings. The molecule has 2 aromatic heterocycles. The molecule has 0 aliphatic carbocycles. The van der Waals surface area contributed by atoms with Crippen molar-refractivity contribution in [1.82, 2.24) is 19.7 Å². The predicted molar refractivity (Wildman–Crippen MR) is 77.2 cm³/mol. The fourth-order valence-electron chi connectivity index (χ4n) is 1.83. The van der Waals surface area contributed by atoms with Crippen molar-refractivity contribution >= 4 is 34.4 Å². The van der Waals surface area contributed by atoms with Gasteiger partial charge in [0.1, 0.15) is 22.6 Å². The Balaban J connectivity index is 1.86. The van der Waals surface area contributed by atoms with Crippen LogP contribution in [0.3, 0.4) is 0 Å². The van der Waals surface area contributed by atoms with Gasteiger partial charge in [0, 0.05) is 18.0 Å². The summed E-state index contributed by atoms with van der Waals surface area (Å²) >= 11 is 7.25. The number of aromatic nitrogens is 4. The third kappa shape index (κ3) is 2.84. The smallest absolute Gasteiger partial charge is 0.162 e. The highest BCUT2D eigenvalue weighted by Crippen LogP contribution is 2.27. The lowest BCUT2D eigenvalue weighted by atomic mass is 10.3. The molecule has 108 valence electrons. The predicted octanol–water partition coefficient (Wildman–Crippen LogP) is 3.59. The van der Waals surface area contributed by atoms with E-state index in [1.54, 1.807) is 17.9 Å². The second kappa shape index (κ2) is 5.57. The number of hydrogen-bond donors (Lipinski definition) is 0. The quantitative estimate of drug-likeness (QED) is 0.545. The molecular weight excluding hydrogens is 318 g/mol. The number of aryl methyl sites for hydroxylation is 1. The van der Waals surface area contributed by atoms with Crippen LogP contribution in [0.4, 0.5) is 8.78 Å². The van der Waals surface area contributed by atoms with Crippen molar-refractivity contribution in [3.63, 3.8) is 0 Å². The Bertz CT molecular complexity index is 821. The largest absolute Gasteiger partial charge is 0.250 e. The van der Waals surface area contributed by atoms with Gasteiger partial charge >= 0.3 is 0 Å². The van der Waals surface area contributed by atoms with Crippen molar-refractivity contribution in [2.45, 2.75) is 10.6 Å². The Hall–Kier alpha value is -1.73. The summed E-state index contributed by atoms with van der Waals surface area (Å²) in [5.41, 5.74) is 0.616. The normalized spacial score (nSPS) is 11.2. The highest BCUT2D eigenvalue weighted by molar-refractivity contribution is 7.98. The molecule has 0 spiro atoms. The fourth-order valence-corrected chi connectivity index (χ4v) is 2.83. The number of rotatable bonds is 3. The number of halogens is 3. The van der Waals surface area contributed by atoms with Gasteiger partial charge in [0.15, 0.2) is 5.65 Å². The van der Waals surface area contributed by atoms with Gasteiger partial charge in [-0.25, -0.2) is 18.7 Å². The van der Waals surface area contributed by atoms with Crippen LogP contribution in [0.5, 0.6) is 0 Å². The molecular formula is C13H9ClF2N4S. The van der Waals surface area contributed by atoms with E-state index in [0.717, 1.165) is 6.07 Å². The van der Waals surface area contributed by atoms with Crippen LogP contribution < -0.4 is 0 Å². The van der Waals surface area contributed by atoms with E-state index in [1.165, 1.54) is 23.9 Å². The minimum atomic E-state index is -0.604. The molecule has 0 amide bonds. The van der Waals surface area contributed by atoms with E-state index in [4.69, 9.17) is 11.6 Å². The van der Waals surface area contributed by atoms with E-state index >= 15 is 0 Å². The summed E-state index contributed by atoms with van der Waals surface area (Å²) in [6, 6.07) is 3.45. The molecule has 0 aliphatic heterocycles. The molecule has 0 saturated heterocycles. The van der Waals surface area contributed by atoms with Crippen LogP contribution >= 0.6 is 23.4 Å². The number of nitrogens with zero attached hydrogens (tertiary/aromatic N) is 4. The third-order valence-corrected chi connectivity index (χ3v) is 4.18. The number of thioether (sulfide) groups is 1. The van der Waals surface area contributed by atoms with Crippen LogP contribution in [0.1, 0.15) is 5.82 Å². The Labute approximate surface area is 128 Å². The van der Waals surface area contributed by atoms with E-state index in [1.807, 2.05) is 0 Å². The molecule has 0 radical (unpaired) electrons. The van der Waals surface area contributed by atoms with Gasteiger partial charge in [-0.2, -0.15) is 5.10 Å². The summed E-state index contributed by atoms with van der Waals surface area (Å²) in [6.45, 7) is 0. The van der Waals surface area contributed by atoms with Crippen molar-refractivity contribution in [3.8, 4) is 0 Å². The van der Waals surface area contributed by atoms with Crippen LogP contribution in [0, 0.1) is 11.6 Å². The number of benzene rings is 1. The summed E-state index contributed by atoms with van der Waals surface area (Å²) in [4.78, 5) is 8.84. The van der Waals surface area contributed by atoms with Crippen LogP contribution in [0.2, 0.25) is 5.15 Å². The molecule has 21 heavy (non-hydrogen) atoms. The van der Waals surface area contributed by atoms with E-state index in [0.29, 0.717) is 32.7 Å². The standard InChI is InChI=1S/C13H9ClF2N4S/c1-20-13-8(5-17-20)12(14)18-11(19-13)6-21-10-3-2-7(15)4-9(10)16/h2-5H,6H2,1H3. The highest BCUT2D eigenvalue weighted by atomic mass is 35.5. The maximum absolute atomic E-state index is 13.6. The SMILES string of the molecule is Cn1ncc2c(Cl)nc(CSc3ccc(F)cc3F)nc21. The lowest BCUT2D eigenvalue weighted by Gasteiger charge is -2.04. The average Bonchev–Trinajstić information content (AvgIpc) is 2.80. The summed E-state index contributed by atoms with van der Waals surface area (Å²) in [6.07, 6.45) is 1.59. The zero-order chi connectivity index (χ0) is 15.0. The molecule has 0 N–H and O–H groups in total. The Morgan fingerprint density at radius 2 is 2.10 bits per heavy atom. The molecule has 3 rings (SSSR count). The summed E-state index contributed by atoms with van der Waals surface area (Å²) in [7, 11) is 1.75. The second-order valence-corrected chi connectivity index (χ2v) is 5.67. The lowest BCUT2D eigenvalue weighted by Crippen LogP contribution is -1.98. The van der Waals surface area contributed by atoms with Crippen LogP contribution in [0.25, 0.3) is 11.0 Å². The van der Waals surface area contributed by atoms with E-state index in [-0.39, 0.29) is 0 Å². The first-order chi connectivity index (χ1) is 10.0. The minimum absolute atomic E-state index is 0.309. The number of hydrogen-bond acceptors (Lipinski definition) is 4. The first kappa shape index (κ1) is 14.2. The van der Waals surface area contributed by atoms with Crippen molar-refractivity contribution in [2.75, 3.05) is 0 Å². The molecule has 0 saturated carbocycles. The van der Waals surface area contributed by atoms with Crippen molar-refractivity contribution < 1.29 is 8.78 Å². The van der Waals surface area contributed by atoms with E-state index < -0.39 is 11.6 Å². The maximum atomic E-state index is 13.6. The molecule has 0 atom stereocenters. The van der Waals surface area contributed by atoms with E-state index in [2.05, 4.69) is 15.1 Å². The molecule has 0 unspecified atom stereocenters. The molecule has 0 aliphatic rings. The van der Waals surface area contributed by atoms with Crippen LogP contribution in [-0.2, 0) is 12.8 Å². The first-order valence-electron chi connectivity index (χ1n) is 5.96. The molecule has 0 bridgehead atoms. The monoisotopic (exact) mass is 326 g/mol. The number of fused-ring (bicyclic) bond motifs is 1. The molecule has 4 nitrogen and oxygen atoms in total. The summed E-state index contributed by atoms with van der Waals surface area (Å²) < 4.78 is 28.0. The lowest BCUT2D eigenvalue weighted by molar-refractivity contribution is 0.565. The Morgan fingerprint density at radius 3 is 2.86 bits per heavy atom. The molecule has 2 heterocycles. The van der Waals surface area contributed by atoms with Gasteiger partial charge in [-0.15, -0.1) is 11.8 Å². The second-order valence-electron chi connectivity index (χ2n) is 4.30. The van der Waals surface area contributed by atoms with Gasteiger partial charge in [0.25, 0.3) is 0 Å². The van der Waals surface area contributed by atoms with Gasteiger partial charge in [0.2, 0.25) is 0 Å². The fraction of sp³-hybridized carbons (Fsp3) is 0.154. The molecule has 1 aromatic carbocycles. The zero-order valence-electron chi connectivity index (χ0n) is 10.8. The Kier molecular flexibility index (Phi) is 3.77. The third-order valence-electron chi connectivity index (χ3n) is 2.84. The van der Waals surface area contributed by atoms with Crippen molar-refractivity contribution in [3.05, 3.63) is 47.0 Å². The highest BCUT2D eigenvalue weighted by Gasteiger charge is 2.11. The summed E-state index contributed by atoms with van der Waals surface area (Å²) in [5.74, 6) is -0.423. The maximum Gasteiger partial charge on any atom is 0.162 e. The van der Waals surface area contributed by atoms with Crippen molar-refractivity contribution in [1.29, 1.82) is 0 Å². The molecule has 8 heteroatoms. The van der Waals surface area contributed by atoms with Crippen molar-refractivity contribution in [2.24, 2.45) is 7.05 Å². The zero-order valence-corrected chi connectivity index (χ0v) is 12.4. The van der Waals surface area contributed by atoms with Crippen LogP contribution in [-0.4, -0.2) is 19.7 Å². The Morgan fingerprint density at radius 1 is 1.29 bits per heavy atom. The van der Waals surface area contributed by atoms with Gasteiger partial charge in [-0.05, 0) is 12.1 Å². The topological polar surface area (TPSA) is 43.6 Å². The molecule has 3 aromatic rings. The van der Waals surface area contributed by atoms with Gasteiger partial charge < -0.3 is 0 Å². The van der Waals surface area contributed by atoms with Gasteiger partial charge in [0.05, 0.1) is 17.3 Å². The van der Waals surface area contributed by atoms with E-state index in [9.17, 15) is 8.78 Å². The van der Waals surface area contributed by atoms with Gasteiger partial charge in [-0.3, -0.25) is 4.68 Å². The minimum Gasteiger partial charge on any atom is -0.250 e. The average molecular weight is 327 g/mol. The summed E-state index contributed by atoms with van der Waals surface area (Å²) in [5, 5.41) is 5.04.